The van der Waals surface area contributed by atoms with Crippen LogP contribution in [0.25, 0.3) is 0 Å². The van der Waals surface area contributed by atoms with Crippen LogP contribution in [-0.2, 0) is 15.7 Å². The molecule has 3 nitrogen and oxygen atoms in total. The SMILES string of the molecule is CCCOCC(=O)Nc1ccc(C(F)(F)F)cc1Cl. The lowest BCUT2D eigenvalue weighted by atomic mass is 10.2. The summed E-state index contributed by atoms with van der Waals surface area (Å²) in [7, 11) is 0. The van der Waals surface area contributed by atoms with Crippen molar-refractivity contribution in [2.75, 3.05) is 18.5 Å². The van der Waals surface area contributed by atoms with Gasteiger partial charge in [0, 0.05) is 6.61 Å². The molecule has 0 bridgehead atoms. The summed E-state index contributed by atoms with van der Waals surface area (Å²) in [5.41, 5.74) is -0.738. The topological polar surface area (TPSA) is 38.3 Å². The van der Waals surface area contributed by atoms with Gasteiger partial charge in [-0.15, -0.1) is 0 Å². The largest absolute Gasteiger partial charge is 0.416 e. The van der Waals surface area contributed by atoms with E-state index in [1.165, 1.54) is 0 Å². The Morgan fingerprint density at radius 3 is 2.63 bits per heavy atom. The minimum absolute atomic E-state index is 0.125. The Kier molecular flexibility index (Phi) is 5.62. The molecule has 0 saturated heterocycles. The second-order valence-electron chi connectivity index (χ2n) is 3.79. The van der Waals surface area contributed by atoms with Crippen molar-refractivity contribution >= 4 is 23.2 Å². The number of nitrogens with one attached hydrogen (secondary N) is 1. The van der Waals surface area contributed by atoms with E-state index in [1.54, 1.807) is 0 Å². The summed E-state index contributed by atoms with van der Waals surface area (Å²) in [5, 5.41) is 2.22. The molecule has 1 aromatic carbocycles. The molecule has 0 aliphatic heterocycles. The molecule has 1 N–H and O–H groups in total. The van der Waals surface area contributed by atoms with E-state index in [0.717, 1.165) is 24.6 Å². The van der Waals surface area contributed by atoms with Gasteiger partial charge in [0.1, 0.15) is 6.61 Å². The number of rotatable bonds is 5. The maximum Gasteiger partial charge on any atom is 0.416 e. The molecule has 0 aliphatic carbocycles. The predicted molar refractivity (Wildman–Crippen MR) is 66.2 cm³/mol. The number of halogens is 4. The van der Waals surface area contributed by atoms with E-state index in [9.17, 15) is 18.0 Å². The van der Waals surface area contributed by atoms with Crippen molar-refractivity contribution in [3.8, 4) is 0 Å². The van der Waals surface area contributed by atoms with Gasteiger partial charge in [-0.25, -0.2) is 0 Å². The zero-order chi connectivity index (χ0) is 14.5. The lowest BCUT2D eigenvalue weighted by Crippen LogP contribution is -2.19. The molecule has 0 atom stereocenters. The highest BCUT2D eigenvalue weighted by atomic mass is 35.5. The van der Waals surface area contributed by atoms with Crippen molar-refractivity contribution in [1.29, 1.82) is 0 Å². The molecule has 0 saturated carbocycles. The average molecular weight is 296 g/mol. The van der Waals surface area contributed by atoms with Crippen LogP contribution in [-0.4, -0.2) is 19.1 Å². The molecule has 106 valence electrons. The van der Waals surface area contributed by atoms with Gasteiger partial charge in [0.2, 0.25) is 5.91 Å². The summed E-state index contributed by atoms with van der Waals surface area (Å²) in [6.45, 7) is 2.17. The van der Waals surface area contributed by atoms with Crippen LogP contribution in [0.15, 0.2) is 18.2 Å². The molecular weight excluding hydrogens is 283 g/mol. The van der Waals surface area contributed by atoms with Crippen molar-refractivity contribution in [2.24, 2.45) is 0 Å². The first-order valence-electron chi connectivity index (χ1n) is 5.59. The molecule has 19 heavy (non-hydrogen) atoms. The van der Waals surface area contributed by atoms with Crippen molar-refractivity contribution in [1.82, 2.24) is 0 Å². The van der Waals surface area contributed by atoms with Gasteiger partial charge in [0.05, 0.1) is 16.3 Å². The standard InChI is InChI=1S/C12H13ClF3NO2/c1-2-5-19-7-11(18)17-10-4-3-8(6-9(10)13)12(14,15)16/h3-4,6H,2,5,7H2,1H3,(H,17,18). The van der Waals surface area contributed by atoms with Crippen LogP contribution in [0, 0.1) is 0 Å². The van der Waals surface area contributed by atoms with E-state index in [1.807, 2.05) is 6.92 Å². The smallest absolute Gasteiger partial charge is 0.372 e. The minimum Gasteiger partial charge on any atom is -0.372 e. The molecule has 0 spiro atoms. The fraction of sp³-hybridized carbons (Fsp3) is 0.417. The second kappa shape index (κ2) is 6.77. The highest BCUT2D eigenvalue weighted by Gasteiger charge is 2.30. The van der Waals surface area contributed by atoms with Crippen LogP contribution < -0.4 is 5.32 Å². The Morgan fingerprint density at radius 2 is 2.11 bits per heavy atom. The van der Waals surface area contributed by atoms with E-state index in [2.05, 4.69) is 5.32 Å². The third-order valence-electron chi connectivity index (χ3n) is 2.15. The van der Waals surface area contributed by atoms with Gasteiger partial charge in [-0.1, -0.05) is 18.5 Å². The first-order chi connectivity index (χ1) is 8.84. The van der Waals surface area contributed by atoms with E-state index < -0.39 is 17.6 Å². The van der Waals surface area contributed by atoms with E-state index >= 15 is 0 Å². The number of hydrogen-bond acceptors (Lipinski definition) is 2. The fourth-order valence-corrected chi connectivity index (χ4v) is 1.52. The summed E-state index contributed by atoms with van der Waals surface area (Å²) < 4.78 is 42.2. The van der Waals surface area contributed by atoms with Crippen molar-refractivity contribution < 1.29 is 22.7 Å². The van der Waals surface area contributed by atoms with Gasteiger partial charge in [-0.2, -0.15) is 13.2 Å². The number of ether oxygens (including phenoxy) is 1. The lowest BCUT2D eigenvalue weighted by Gasteiger charge is -2.11. The second-order valence-corrected chi connectivity index (χ2v) is 4.20. The molecule has 0 aromatic heterocycles. The quantitative estimate of drug-likeness (QED) is 0.841. The van der Waals surface area contributed by atoms with Crippen LogP contribution in [0.1, 0.15) is 18.9 Å². The van der Waals surface area contributed by atoms with Crippen molar-refractivity contribution in [2.45, 2.75) is 19.5 Å². The maximum absolute atomic E-state index is 12.4. The molecule has 1 aromatic rings. The molecule has 0 heterocycles. The number of carbonyl (C=O) groups excluding carboxylic acids is 1. The third kappa shape index (κ3) is 5.08. The Balaban J connectivity index is 2.67. The fourth-order valence-electron chi connectivity index (χ4n) is 1.29. The molecule has 7 heteroatoms. The molecular formula is C12H13ClF3NO2. The summed E-state index contributed by atoms with van der Waals surface area (Å²) in [6, 6.07) is 2.74. The monoisotopic (exact) mass is 295 g/mol. The van der Waals surface area contributed by atoms with Crippen LogP contribution in [0.4, 0.5) is 18.9 Å². The van der Waals surface area contributed by atoms with Crippen molar-refractivity contribution in [3.63, 3.8) is 0 Å². The van der Waals surface area contributed by atoms with E-state index in [4.69, 9.17) is 16.3 Å². The van der Waals surface area contributed by atoms with Gasteiger partial charge < -0.3 is 10.1 Å². The molecule has 0 radical (unpaired) electrons. The van der Waals surface area contributed by atoms with Crippen LogP contribution >= 0.6 is 11.6 Å². The van der Waals surface area contributed by atoms with Gasteiger partial charge >= 0.3 is 6.18 Å². The number of anilines is 1. The highest BCUT2D eigenvalue weighted by molar-refractivity contribution is 6.33. The Labute approximate surface area is 113 Å². The minimum atomic E-state index is -4.46. The predicted octanol–water partition coefficient (Wildman–Crippen LogP) is 3.72. The van der Waals surface area contributed by atoms with Crippen LogP contribution in [0.5, 0.6) is 0 Å². The summed E-state index contributed by atoms with van der Waals surface area (Å²) >= 11 is 5.69. The van der Waals surface area contributed by atoms with Gasteiger partial charge in [0.25, 0.3) is 0 Å². The normalized spacial score (nSPS) is 11.4. The molecule has 0 aliphatic rings. The average Bonchev–Trinajstić information content (AvgIpc) is 2.31. The third-order valence-corrected chi connectivity index (χ3v) is 2.46. The zero-order valence-electron chi connectivity index (χ0n) is 10.2. The lowest BCUT2D eigenvalue weighted by molar-refractivity contribution is -0.137. The number of carbonyl (C=O) groups is 1. The summed E-state index contributed by atoms with van der Waals surface area (Å²) in [6.07, 6.45) is -3.69. The summed E-state index contributed by atoms with van der Waals surface area (Å²) in [5.74, 6) is -0.463. The summed E-state index contributed by atoms with van der Waals surface area (Å²) in [4.78, 5) is 11.4. The van der Waals surface area contributed by atoms with Gasteiger partial charge in [-0.3, -0.25) is 4.79 Å². The Morgan fingerprint density at radius 1 is 1.42 bits per heavy atom. The van der Waals surface area contributed by atoms with Crippen LogP contribution in [0.2, 0.25) is 5.02 Å². The van der Waals surface area contributed by atoms with Crippen LogP contribution in [0.3, 0.4) is 0 Å². The first kappa shape index (κ1) is 15.8. The Bertz CT molecular complexity index is 449. The highest BCUT2D eigenvalue weighted by Crippen LogP contribution is 2.33. The number of hydrogen-bond donors (Lipinski definition) is 1. The number of alkyl halides is 3. The van der Waals surface area contributed by atoms with Gasteiger partial charge in [-0.05, 0) is 24.6 Å². The molecule has 0 unspecified atom stereocenters. The number of amides is 1. The molecule has 1 amide bonds. The zero-order valence-corrected chi connectivity index (χ0v) is 10.9. The first-order valence-corrected chi connectivity index (χ1v) is 5.96. The van der Waals surface area contributed by atoms with Gasteiger partial charge in [0.15, 0.2) is 0 Å². The van der Waals surface area contributed by atoms with E-state index in [-0.39, 0.29) is 17.3 Å². The Hall–Kier alpha value is -1.27. The van der Waals surface area contributed by atoms with Crippen molar-refractivity contribution in [3.05, 3.63) is 28.8 Å². The number of benzene rings is 1. The maximum atomic E-state index is 12.4. The molecule has 0 fully saturated rings. The van der Waals surface area contributed by atoms with E-state index in [0.29, 0.717) is 6.61 Å². The molecule has 1 rings (SSSR count).